The fourth-order valence-corrected chi connectivity index (χ4v) is 2.38. The van der Waals surface area contributed by atoms with Crippen molar-refractivity contribution in [1.29, 1.82) is 0 Å². The second-order valence-electron chi connectivity index (χ2n) is 5.64. The number of nitrogens with one attached hydrogen (secondary N) is 3. The van der Waals surface area contributed by atoms with Gasteiger partial charge < -0.3 is 16.0 Å². The lowest BCUT2D eigenvalue weighted by molar-refractivity contribution is -0.126. The van der Waals surface area contributed by atoms with Crippen LogP contribution < -0.4 is 16.0 Å². The Morgan fingerprint density at radius 1 is 1.24 bits per heavy atom. The minimum absolute atomic E-state index is 0.0655. The number of benzene rings is 1. The highest BCUT2D eigenvalue weighted by Gasteiger charge is 2.34. The molecular formula is C15H20FN3O2. The molecule has 0 atom stereocenters. The third-order valence-electron chi connectivity index (χ3n) is 3.79. The monoisotopic (exact) mass is 293 g/mol. The lowest BCUT2D eigenvalue weighted by Crippen LogP contribution is -2.42. The molecule has 114 valence electrons. The van der Waals surface area contributed by atoms with Crippen LogP contribution in [0.15, 0.2) is 18.2 Å². The summed E-state index contributed by atoms with van der Waals surface area (Å²) in [6.45, 7) is 4.86. The minimum Gasteiger partial charge on any atom is -0.326 e. The van der Waals surface area contributed by atoms with Crippen molar-refractivity contribution in [3.63, 3.8) is 0 Å². The zero-order chi connectivity index (χ0) is 15.5. The van der Waals surface area contributed by atoms with Crippen LogP contribution in [0.1, 0.15) is 26.7 Å². The van der Waals surface area contributed by atoms with Gasteiger partial charge in [-0.1, -0.05) is 6.92 Å². The highest BCUT2D eigenvalue weighted by molar-refractivity contribution is 5.96. The van der Waals surface area contributed by atoms with Gasteiger partial charge in [-0.15, -0.1) is 0 Å². The second-order valence-corrected chi connectivity index (χ2v) is 5.64. The molecule has 1 saturated heterocycles. The van der Waals surface area contributed by atoms with Crippen molar-refractivity contribution in [2.45, 2.75) is 26.7 Å². The van der Waals surface area contributed by atoms with Crippen molar-refractivity contribution in [3.8, 4) is 0 Å². The normalized spacial score (nSPS) is 17.1. The van der Waals surface area contributed by atoms with E-state index in [9.17, 15) is 14.0 Å². The summed E-state index contributed by atoms with van der Waals surface area (Å²) < 4.78 is 13.6. The molecule has 0 saturated carbocycles. The Hall–Kier alpha value is -1.95. The molecule has 6 heteroatoms. The molecule has 1 heterocycles. The molecule has 0 spiro atoms. The molecule has 0 unspecified atom stereocenters. The average molecular weight is 293 g/mol. The van der Waals surface area contributed by atoms with Crippen LogP contribution in [-0.4, -0.2) is 24.9 Å². The molecule has 0 aliphatic carbocycles. The summed E-state index contributed by atoms with van der Waals surface area (Å²) in [6, 6.07) is 4.15. The van der Waals surface area contributed by atoms with E-state index < -0.39 is 11.2 Å². The number of carbonyl (C=O) groups is 2. The van der Waals surface area contributed by atoms with E-state index >= 15 is 0 Å². The van der Waals surface area contributed by atoms with E-state index in [0.29, 0.717) is 5.69 Å². The number of hydrogen-bond acceptors (Lipinski definition) is 3. The van der Waals surface area contributed by atoms with Crippen molar-refractivity contribution < 1.29 is 14.0 Å². The summed E-state index contributed by atoms with van der Waals surface area (Å²) in [5.41, 5.74) is 0.119. The predicted molar refractivity (Wildman–Crippen MR) is 79.5 cm³/mol. The number of carbonyl (C=O) groups excluding carboxylic acids is 2. The van der Waals surface area contributed by atoms with Gasteiger partial charge >= 0.3 is 0 Å². The highest BCUT2D eigenvalue weighted by Crippen LogP contribution is 2.30. The van der Waals surface area contributed by atoms with Gasteiger partial charge in [-0.3, -0.25) is 9.59 Å². The first kappa shape index (κ1) is 15.4. The summed E-state index contributed by atoms with van der Waals surface area (Å²) in [4.78, 5) is 23.4. The van der Waals surface area contributed by atoms with Crippen LogP contribution in [0, 0.1) is 11.2 Å². The maximum atomic E-state index is 13.6. The highest BCUT2D eigenvalue weighted by atomic mass is 19.1. The van der Waals surface area contributed by atoms with E-state index in [0.717, 1.165) is 25.9 Å². The largest absolute Gasteiger partial charge is 0.326 e. The summed E-state index contributed by atoms with van der Waals surface area (Å²) in [7, 11) is 0. The number of piperidine rings is 1. The molecule has 0 aromatic heterocycles. The molecule has 2 rings (SSSR count). The Balaban J connectivity index is 2.12. The third kappa shape index (κ3) is 3.78. The zero-order valence-electron chi connectivity index (χ0n) is 12.3. The fraction of sp³-hybridized carbons (Fsp3) is 0.467. The van der Waals surface area contributed by atoms with E-state index in [1.165, 1.54) is 25.1 Å². The third-order valence-corrected chi connectivity index (χ3v) is 3.79. The van der Waals surface area contributed by atoms with Gasteiger partial charge in [-0.05, 0) is 44.1 Å². The number of rotatable bonds is 3. The molecule has 1 aromatic carbocycles. The van der Waals surface area contributed by atoms with Crippen LogP contribution in [0.25, 0.3) is 0 Å². The first-order valence-corrected chi connectivity index (χ1v) is 7.00. The molecule has 1 aliphatic rings. The SMILES string of the molecule is CC(=O)Nc1cc(NC(=O)C2(C)CCNCC2)ccc1F. The van der Waals surface area contributed by atoms with E-state index in [2.05, 4.69) is 16.0 Å². The van der Waals surface area contributed by atoms with E-state index in [1.807, 2.05) is 6.92 Å². The van der Waals surface area contributed by atoms with Crippen molar-refractivity contribution in [2.24, 2.45) is 5.41 Å². The second kappa shape index (κ2) is 6.22. The van der Waals surface area contributed by atoms with E-state index in [1.54, 1.807) is 0 Å². The lowest BCUT2D eigenvalue weighted by Gasteiger charge is -2.32. The molecule has 1 fully saturated rings. The Bertz CT molecular complexity index is 554. The number of anilines is 2. The van der Waals surface area contributed by atoms with Gasteiger partial charge in [-0.2, -0.15) is 0 Å². The lowest BCUT2D eigenvalue weighted by atomic mass is 9.80. The van der Waals surface area contributed by atoms with Crippen molar-refractivity contribution in [3.05, 3.63) is 24.0 Å². The van der Waals surface area contributed by atoms with Crippen molar-refractivity contribution in [1.82, 2.24) is 5.32 Å². The van der Waals surface area contributed by atoms with Crippen LogP contribution in [0.4, 0.5) is 15.8 Å². The smallest absolute Gasteiger partial charge is 0.230 e. The molecule has 1 aliphatic heterocycles. The number of halogens is 1. The maximum Gasteiger partial charge on any atom is 0.230 e. The summed E-state index contributed by atoms with van der Waals surface area (Å²) in [5, 5.41) is 8.43. The Morgan fingerprint density at radius 2 is 1.90 bits per heavy atom. The molecule has 1 aromatic rings. The Kier molecular flexibility index (Phi) is 4.57. The van der Waals surface area contributed by atoms with Crippen LogP contribution in [0.2, 0.25) is 0 Å². The molecule has 0 radical (unpaired) electrons. The van der Waals surface area contributed by atoms with Crippen LogP contribution >= 0.6 is 0 Å². The quantitative estimate of drug-likeness (QED) is 0.799. The Labute approximate surface area is 123 Å². The van der Waals surface area contributed by atoms with Gasteiger partial charge in [0.05, 0.1) is 5.69 Å². The maximum absolute atomic E-state index is 13.6. The van der Waals surface area contributed by atoms with Gasteiger partial charge in [0.15, 0.2) is 0 Å². The van der Waals surface area contributed by atoms with Crippen LogP contribution in [-0.2, 0) is 9.59 Å². The van der Waals surface area contributed by atoms with Crippen molar-refractivity contribution >= 4 is 23.2 Å². The predicted octanol–water partition coefficient (Wildman–Crippen LogP) is 2.11. The first-order valence-electron chi connectivity index (χ1n) is 7.00. The van der Waals surface area contributed by atoms with E-state index in [4.69, 9.17) is 0 Å². The first-order chi connectivity index (χ1) is 9.90. The number of hydrogen-bond donors (Lipinski definition) is 3. The summed E-state index contributed by atoms with van der Waals surface area (Å²) in [5.74, 6) is -0.969. The minimum atomic E-state index is -0.531. The standard InChI is InChI=1S/C15H20FN3O2/c1-10(20)18-13-9-11(3-4-12(13)16)19-14(21)15(2)5-7-17-8-6-15/h3-4,9,17H,5-8H2,1-2H3,(H,18,20)(H,19,21). The van der Waals surface area contributed by atoms with Gasteiger partial charge in [0.1, 0.15) is 5.82 Å². The summed E-state index contributed by atoms with van der Waals surface area (Å²) in [6.07, 6.45) is 1.52. The van der Waals surface area contributed by atoms with Gasteiger partial charge in [0, 0.05) is 18.0 Å². The van der Waals surface area contributed by atoms with Gasteiger partial charge in [0.25, 0.3) is 0 Å². The molecule has 0 bridgehead atoms. The average Bonchev–Trinajstić information content (AvgIpc) is 2.43. The molecule has 21 heavy (non-hydrogen) atoms. The molecular weight excluding hydrogens is 273 g/mol. The fourth-order valence-electron chi connectivity index (χ4n) is 2.38. The zero-order valence-corrected chi connectivity index (χ0v) is 12.3. The number of amides is 2. The Morgan fingerprint density at radius 3 is 2.52 bits per heavy atom. The van der Waals surface area contributed by atoms with Crippen molar-refractivity contribution in [2.75, 3.05) is 23.7 Å². The molecule has 3 N–H and O–H groups in total. The topological polar surface area (TPSA) is 70.2 Å². The van der Waals surface area contributed by atoms with E-state index in [-0.39, 0.29) is 17.5 Å². The van der Waals surface area contributed by atoms with Gasteiger partial charge in [0.2, 0.25) is 11.8 Å². The summed E-state index contributed by atoms with van der Waals surface area (Å²) >= 11 is 0. The van der Waals surface area contributed by atoms with Crippen LogP contribution in [0.5, 0.6) is 0 Å². The molecule has 2 amide bonds. The molecule has 5 nitrogen and oxygen atoms in total. The van der Waals surface area contributed by atoms with Crippen LogP contribution in [0.3, 0.4) is 0 Å². The van der Waals surface area contributed by atoms with Gasteiger partial charge in [-0.25, -0.2) is 4.39 Å².